The highest BCUT2D eigenvalue weighted by molar-refractivity contribution is 5.77. The molecule has 118 valence electrons. The van der Waals surface area contributed by atoms with Gasteiger partial charge in [-0.2, -0.15) is 4.98 Å². The van der Waals surface area contributed by atoms with Gasteiger partial charge in [0.2, 0.25) is 11.9 Å². The van der Waals surface area contributed by atoms with Crippen LogP contribution in [0.2, 0.25) is 0 Å². The third-order valence-electron chi connectivity index (χ3n) is 4.96. The molecule has 22 heavy (non-hydrogen) atoms. The summed E-state index contributed by atoms with van der Waals surface area (Å²) in [5.74, 6) is 2.51. The van der Waals surface area contributed by atoms with E-state index < -0.39 is 0 Å². The van der Waals surface area contributed by atoms with Crippen molar-refractivity contribution >= 4 is 17.7 Å². The van der Waals surface area contributed by atoms with Crippen LogP contribution in [0.4, 0.5) is 11.8 Å². The molecule has 0 spiro atoms. The molecular formula is C16H23N5O. The van der Waals surface area contributed by atoms with Crippen molar-refractivity contribution < 1.29 is 4.79 Å². The number of rotatable bonds is 4. The van der Waals surface area contributed by atoms with E-state index in [0.717, 1.165) is 25.3 Å². The minimum Gasteiger partial charge on any atom is -0.356 e. The first-order valence-corrected chi connectivity index (χ1v) is 8.43. The number of amides is 1. The Kier molecular flexibility index (Phi) is 3.60. The minimum absolute atomic E-state index is 0.182. The molecule has 2 saturated heterocycles. The average Bonchev–Trinajstić information content (AvgIpc) is 3.23. The average molecular weight is 301 g/mol. The van der Waals surface area contributed by atoms with Crippen LogP contribution in [0.15, 0.2) is 12.3 Å². The summed E-state index contributed by atoms with van der Waals surface area (Å²) in [6, 6.07) is 2.47. The van der Waals surface area contributed by atoms with Gasteiger partial charge in [0, 0.05) is 25.7 Å². The summed E-state index contributed by atoms with van der Waals surface area (Å²) in [4.78, 5) is 23.0. The summed E-state index contributed by atoms with van der Waals surface area (Å²) >= 11 is 0. The van der Waals surface area contributed by atoms with Crippen LogP contribution in [0.3, 0.4) is 0 Å². The summed E-state index contributed by atoms with van der Waals surface area (Å²) in [7, 11) is 0. The van der Waals surface area contributed by atoms with Crippen molar-refractivity contribution in [2.45, 2.75) is 50.6 Å². The highest BCUT2D eigenvalue weighted by atomic mass is 16.1. The van der Waals surface area contributed by atoms with Crippen LogP contribution in [-0.2, 0) is 4.79 Å². The maximum Gasteiger partial charge on any atom is 0.224 e. The van der Waals surface area contributed by atoms with Crippen molar-refractivity contribution in [3.05, 3.63) is 12.3 Å². The van der Waals surface area contributed by atoms with E-state index in [2.05, 4.69) is 25.5 Å². The molecule has 3 heterocycles. The summed E-state index contributed by atoms with van der Waals surface area (Å²) in [6.45, 7) is 2.17. The van der Waals surface area contributed by atoms with E-state index in [1.165, 1.54) is 25.7 Å². The van der Waals surface area contributed by atoms with E-state index in [1.807, 2.05) is 12.3 Å². The van der Waals surface area contributed by atoms with Gasteiger partial charge >= 0.3 is 0 Å². The van der Waals surface area contributed by atoms with Gasteiger partial charge < -0.3 is 15.5 Å². The number of nitrogens with one attached hydrogen (secondary N) is 2. The second-order valence-electron chi connectivity index (χ2n) is 6.65. The largest absolute Gasteiger partial charge is 0.356 e. The summed E-state index contributed by atoms with van der Waals surface area (Å²) in [5, 5.41) is 6.62. The number of carbonyl (C=O) groups is 1. The fourth-order valence-electron chi connectivity index (χ4n) is 3.60. The Hall–Kier alpha value is -1.85. The standard InChI is InChI=1S/C16H23N5O/c22-14-6-5-12(15(20-14)11-3-4-11)18-16-17-8-7-13(19-16)21-9-1-2-10-21/h7-8,11-12,15H,1-6,9-10H2,(H,20,22)(H,17,18,19)/t12-,15+/m1/s1. The molecule has 4 rings (SSSR count). The molecule has 6 nitrogen and oxygen atoms in total. The molecule has 0 unspecified atom stereocenters. The smallest absolute Gasteiger partial charge is 0.224 e. The minimum atomic E-state index is 0.182. The maximum absolute atomic E-state index is 11.7. The number of aromatic nitrogens is 2. The van der Waals surface area contributed by atoms with E-state index in [9.17, 15) is 4.79 Å². The number of carbonyl (C=O) groups excluding carboxylic acids is 1. The first-order chi connectivity index (χ1) is 10.8. The lowest BCUT2D eigenvalue weighted by Crippen LogP contribution is -2.52. The lowest BCUT2D eigenvalue weighted by atomic mass is 9.94. The van der Waals surface area contributed by atoms with Gasteiger partial charge in [0.1, 0.15) is 5.82 Å². The molecule has 0 aromatic carbocycles. The molecule has 0 radical (unpaired) electrons. The molecule has 1 amide bonds. The monoisotopic (exact) mass is 301 g/mol. The van der Waals surface area contributed by atoms with Crippen LogP contribution in [-0.4, -0.2) is 41.0 Å². The molecular weight excluding hydrogens is 278 g/mol. The molecule has 3 aliphatic rings. The summed E-state index contributed by atoms with van der Waals surface area (Å²) < 4.78 is 0. The fraction of sp³-hybridized carbons (Fsp3) is 0.688. The third-order valence-corrected chi connectivity index (χ3v) is 4.96. The van der Waals surface area contributed by atoms with Crippen molar-refractivity contribution in [1.29, 1.82) is 0 Å². The van der Waals surface area contributed by atoms with Crippen LogP contribution < -0.4 is 15.5 Å². The van der Waals surface area contributed by atoms with E-state index in [0.29, 0.717) is 18.3 Å². The van der Waals surface area contributed by atoms with Crippen LogP contribution in [0.1, 0.15) is 38.5 Å². The Labute approximate surface area is 130 Å². The van der Waals surface area contributed by atoms with Crippen LogP contribution in [0.5, 0.6) is 0 Å². The van der Waals surface area contributed by atoms with Crippen molar-refractivity contribution in [2.24, 2.45) is 5.92 Å². The molecule has 6 heteroatoms. The maximum atomic E-state index is 11.7. The van der Waals surface area contributed by atoms with Gasteiger partial charge in [-0.15, -0.1) is 0 Å². The van der Waals surface area contributed by atoms with Crippen LogP contribution in [0.25, 0.3) is 0 Å². The number of piperidine rings is 1. The normalized spacial score (nSPS) is 28.5. The predicted molar refractivity (Wildman–Crippen MR) is 84.8 cm³/mol. The van der Waals surface area contributed by atoms with Crippen molar-refractivity contribution in [3.63, 3.8) is 0 Å². The van der Waals surface area contributed by atoms with E-state index in [-0.39, 0.29) is 18.0 Å². The van der Waals surface area contributed by atoms with Gasteiger partial charge in [-0.25, -0.2) is 4.98 Å². The lowest BCUT2D eigenvalue weighted by molar-refractivity contribution is -0.123. The highest BCUT2D eigenvalue weighted by Gasteiger charge is 2.40. The lowest BCUT2D eigenvalue weighted by Gasteiger charge is -2.33. The highest BCUT2D eigenvalue weighted by Crippen LogP contribution is 2.36. The van der Waals surface area contributed by atoms with E-state index >= 15 is 0 Å². The number of nitrogens with zero attached hydrogens (tertiary/aromatic N) is 3. The number of anilines is 2. The molecule has 1 aromatic heterocycles. The Morgan fingerprint density at radius 3 is 2.82 bits per heavy atom. The quantitative estimate of drug-likeness (QED) is 0.883. The predicted octanol–water partition coefficient (Wildman–Crippen LogP) is 1.55. The van der Waals surface area contributed by atoms with Crippen molar-refractivity contribution in [2.75, 3.05) is 23.3 Å². The van der Waals surface area contributed by atoms with Crippen molar-refractivity contribution in [3.8, 4) is 0 Å². The van der Waals surface area contributed by atoms with E-state index in [4.69, 9.17) is 0 Å². The van der Waals surface area contributed by atoms with Gasteiger partial charge in [0.25, 0.3) is 0 Å². The zero-order valence-corrected chi connectivity index (χ0v) is 12.8. The molecule has 3 fully saturated rings. The first-order valence-electron chi connectivity index (χ1n) is 8.43. The van der Waals surface area contributed by atoms with Gasteiger partial charge in [-0.05, 0) is 44.1 Å². The zero-order chi connectivity index (χ0) is 14.9. The van der Waals surface area contributed by atoms with Crippen LogP contribution >= 0.6 is 0 Å². The van der Waals surface area contributed by atoms with Gasteiger partial charge in [-0.3, -0.25) is 4.79 Å². The number of hydrogen-bond acceptors (Lipinski definition) is 5. The van der Waals surface area contributed by atoms with Crippen LogP contribution in [0, 0.1) is 5.92 Å². The second-order valence-corrected chi connectivity index (χ2v) is 6.65. The molecule has 0 bridgehead atoms. The van der Waals surface area contributed by atoms with E-state index in [1.54, 1.807) is 0 Å². The topological polar surface area (TPSA) is 70.2 Å². The van der Waals surface area contributed by atoms with Gasteiger partial charge in [0.05, 0.1) is 12.1 Å². The van der Waals surface area contributed by atoms with Crippen molar-refractivity contribution in [1.82, 2.24) is 15.3 Å². The van der Waals surface area contributed by atoms with Gasteiger partial charge in [-0.1, -0.05) is 0 Å². The molecule has 1 saturated carbocycles. The summed E-state index contributed by atoms with van der Waals surface area (Å²) in [6.07, 6.45) is 8.21. The molecule has 2 N–H and O–H groups in total. The molecule has 2 atom stereocenters. The Morgan fingerprint density at radius 2 is 2.05 bits per heavy atom. The first kappa shape index (κ1) is 13.8. The Morgan fingerprint density at radius 1 is 1.23 bits per heavy atom. The molecule has 2 aliphatic heterocycles. The Bertz CT molecular complexity index is 553. The van der Waals surface area contributed by atoms with Gasteiger partial charge in [0.15, 0.2) is 0 Å². The third kappa shape index (κ3) is 2.87. The summed E-state index contributed by atoms with van der Waals surface area (Å²) in [5.41, 5.74) is 0. The number of hydrogen-bond donors (Lipinski definition) is 2. The fourth-order valence-corrected chi connectivity index (χ4v) is 3.60. The SMILES string of the molecule is O=C1CC[C@@H](Nc2nccc(N3CCCC3)n2)[C@H](C2CC2)N1. The second kappa shape index (κ2) is 5.74. The molecule has 1 aromatic rings. The molecule has 1 aliphatic carbocycles. The zero-order valence-electron chi connectivity index (χ0n) is 12.8. The Balaban J connectivity index is 1.47.